The van der Waals surface area contributed by atoms with Gasteiger partial charge in [-0.2, -0.15) is 11.8 Å². The van der Waals surface area contributed by atoms with Crippen LogP contribution in [-0.4, -0.2) is 28.8 Å². The summed E-state index contributed by atoms with van der Waals surface area (Å²) in [6.45, 7) is 2.87. The van der Waals surface area contributed by atoms with E-state index in [1.54, 1.807) is 0 Å². The molecule has 2 N–H and O–H groups in total. The normalized spacial score (nSPS) is 23.5. The first-order valence-corrected chi connectivity index (χ1v) is 8.92. The summed E-state index contributed by atoms with van der Waals surface area (Å²) in [4.78, 5) is 0. The molecule has 1 saturated heterocycles. The van der Waals surface area contributed by atoms with Crippen LogP contribution in [0, 0.1) is 12.8 Å². The lowest BCUT2D eigenvalue weighted by molar-refractivity contribution is 0.0288. The molecule has 1 aromatic carbocycles. The molecule has 0 aromatic heterocycles. The number of aryl methyl sites for hydroxylation is 1. The van der Waals surface area contributed by atoms with Crippen LogP contribution in [0.15, 0.2) is 24.3 Å². The second kappa shape index (κ2) is 6.08. The molecule has 1 aliphatic carbocycles. The van der Waals surface area contributed by atoms with Gasteiger partial charge in [0.05, 0.1) is 5.60 Å². The predicted molar refractivity (Wildman–Crippen MR) is 86.2 cm³/mol. The van der Waals surface area contributed by atoms with Gasteiger partial charge in [0.2, 0.25) is 0 Å². The van der Waals surface area contributed by atoms with E-state index in [2.05, 4.69) is 36.5 Å². The van der Waals surface area contributed by atoms with Crippen molar-refractivity contribution >= 4 is 11.8 Å². The minimum atomic E-state index is -0.483. The second-order valence-corrected chi connectivity index (χ2v) is 7.67. The molecule has 2 nitrogen and oxygen atoms in total. The molecule has 0 radical (unpaired) electrons. The number of rotatable bonds is 5. The molecular formula is C17H25NOS. The Kier molecular flexibility index (Phi) is 4.39. The Hall–Kier alpha value is -0.510. The highest BCUT2D eigenvalue weighted by Gasteiger charge is 2.35. The van der Waals surface area contributed by atoms with Gasteiger partial charge in [0.25, 0.3) is 0 Å². The van der Waals surface area contributed by atoms with Crippen LogP contribution < -0.4 is 5.32 Å². The van der Waals surface area contributed by atoms with Gasteiger partial charge in [-0.15, -0.1) is 0 Å². The SMILES string of the molecule is Cc1ccc(C(NCC2(O)CCSCC2)C2CC2)cc1. The van der Waals surface area contributed by atoms with E-state index in [0.717, 1.165) is 36.8 Å². The molecule has 2 fully saturated rings. The van der Waals surface area contributed by atoms with Crippen LogP contribution in [0.3, 0.4) is 0 Å². The average molecular weight is 291 g/mol. The Morgan fingerprint density at radius 2 is 1.90 bits per heavy atom. The van der Waals surface area contributed by atoms with Gasteiger partial charge in [-0.25, -0.2) is 0 Å². The number of hydrogen-bond donors (Lipinski definition) is 2. The maximum absolute atomic E-state index is 10.6. The van der Waals surface area contributed by atoms with Crippen LogP contribution in [-0.2, 0) is 0 Å². The summed E-state index contributed by atoms with van der Waals surface area (Å²) in [5, 5.41) is 14.3. The summed E-state index contributed by atoms with van der Waals surface area (Å²) in [7, 11) is 0. The maximum Gasteiger partial charge on any atom is 0.0787 e. The van der Waals surface area contributed by atoms with Gasteiger partial charge in [0, 0.05) is 12.6 Å². The quantitative estimate of drug-likeness (QED) is 0.873. The average Bonchev–Trinajstić information content (AvgIpc) is 3.26. The van der Waals surface area contributed by atoms with Crippen molar-refractivity contribution in [1.29, 1.82) is 0 Å². The van der Waals surface area contributed by atoms with Crippen LogP contribution in [0.1, 0.15) is 42.9 Å². The third kappa shape index (κ3) is 3.57. The molecule has 1 aliphatic heterocycles. The molecule has 20 heavy (non-hydrogen) atoms. The molecule has 1 saturated carbocycles. The van der Waals surface area contributed by atoms with Gasteiger partial charge < -0.3 is 10.4 Å². The number of aliphatic hydroxyl groups is 1. The lowest BCUT2D eigenvalue weighted by Crippen LogP contribution is -2.44. The van der Waals surface area contributed by atoms with Crippen molar-refractivity contribution in [2.24, 2.45) is 5.92 Å². The standard InChI is InChI=1S/C17H25NOS/c1-13-2-4-14(5-3-13)16(15-6-7-15)18-12-17(19)8-10-20-11-9-17/h2-5,15-16,18-19H,6-12H2,1H3. The van der Waals surface area contributed by atoms with Crippen LogP contribution in [0.25, 0.3) is 0 Å². The Labute approximate surface area is 126 Å². The molecule has 1 aromatic rings. The minimum absolute atomic E-state index is 0.425. The molecule has 1 heterocycles. The highest BCUT2D eigenvalue weighted by atomic mass is 32.2. The van der Waals surface area contributed by atoms with Crippen LogP contribution in [0.5, 0.6) is 0 Å². The lowest BCUT2D eigenvalue weighted by atomic mass is 9.94. The van der Waals surface area contributed by atoms with E-state index in [4.69, 9.17) is 0 Å². The van der Waals surface area contributed by atoms with E-state index in [-0.39, 0.29) is 0 Å². The molecule has 110 valence electrons. The fourth-order valence-electron chi connectivity index (χ4n) is 2.99. The van der Waals surface area contributed by atoms with Gasteiger partial charge >= 0.3 is 0 Å². The van der Waals surface area contributed by atoms with Crippen LogP contribution in [0.2, 0.25) is 0 Å². The van der Waals surface area contributed by atoms with Crippen LogP contribution in [0.4, 0.5) is 0 Å². The fraction of sp³-hybridized carbons (Fsp3) is 0.647. The number of thioether (sulfide) groups is 1. The molecule has 3 heteroatoms. The van der Waals surface area contributed by atoms with E-state index >= 15 is 0 Å². The highest BCUT2D eigenvalue weighted by molar-refractivity contribution is 7.99. The first kappa shape index (κ1) is 14.4. The van der Waals surface area contributed by atoms with E-state index in [1.165, 1.54) is 24.0 Å². The summed E-state index contributed by atoms with van der Waals surface area (Å²) in [6.07, 6.45) is 4.49. The predicted octanol–water partition coefficient (Wildman–Crippen LogP) is 3.29. The third-order valence-electron chi connectivity index (χ3n) is 4.60. The molecular weight excluding hydrogens is 266 g/mol. The minimum Gasteiger partial charge on any atom is -0.389 e. The van der Waals surface area contributed by atoms with Crippen molar-refractivity contribution in [3.05, 3.63) is 35.4 Å². The highest BCUT2D eigenvalue weighted by Crippen LogP contribution is 2.41. The van der Waals surface area contributed by atoms with Gasteiger partial charge in [0.15, 0.2) is 0 Å². The summed E-state index contributed by atoms with van der Waals surface area (Å²) in [5.41, 5.74) is 2.21. The van der Waals surface area contributed by atoms with E-state index in [9.17, 15) is 5.11 Å². The molecule has 1 atom stereocenters. The van der Waals surface area contributed by atoms with Crippen LogP contribution >= 0.6 is 11.8 Å². The molecule has 0 amide bonds. The summed E-state index contributed by atoms with van der Waals surface area (Å²) in [5.74, 6) is 2.95. The monoisotopic (exact) mass is 291 g/mol. The Bertz CT molecular complexity index is 435. The van der Waals surface area contributed by atoms with Gasteiger partial charge in [-0.05, 0) is 55.6 Å². The molecule has 1 unspecified atom stereocenters. The van der Waals surface area contributed by atoms with E-state index in [1.807, 2.05) is 11.8 Å². The third-order valence-corrected chi connectivity index (χ3v) is 5.59. The number of nitrogens with one attached hydrogen (secondary N) is 1. The molecule has 0 bridgehead atoms. The summed E-state index contributed by atoms with van der Waals surface area (Å²) < 4.78 is 0. The lowest BCUT2D eigenvalue weighted by Gasteiger charge is -2.34. The van der Waals surface area contributed by atoms with Crippen molar-refractivity contribution in [3.63, 3.8) is 0 Å². The zero-order valence-corrected chi connectivity index (χ0v) is 13.1. The Morgan fingerprint density at radius 3 is 2.50 bits per heavy atom. The largest absolute Gasteiger partial charge is 0.389 e. The van der Waals surface area contributed by atoms with E-state index < -0.39 is 5.60 Å². The second-order valence-electron chi connectivity index (χ2n) is 6.44. The smallest absolute Gasteiger partial charge is 0.0787 e. The number of hydrogen-bond acceptors (Lipinski definition) is 3. The van der Waals surface area contributed by atoms with Crippen molar-refractivity contribution in [1.82, 2.24) is 5.32 Å². The van der Waals surface area contributed by atoms with Crippen molar-refractivity contribution in [2.75, 3.05) is 18.1 Å². The zero-order chi connectivity index (χ0) is 14.0. The summed E-state index contributed by atoms with van der Waals surface area (Å²) in [6, 6.07) is 9.30. The van der Waals surface area contributed by atoms with Gasteiger partial charge in [-0.1, -0.05) is 29.8 Å². The fourth-order valence-corrected chi connectivity index (χ4v) is 4.24. The first-order chi connectivity index (χ1) is 9.66. The van der Waals surface area contributed by atoms with Crippen molar-refractivity contribution in [2.45, 2.75) is 44.2 Å². The Balaban J connectivity index is 1.64. The van der Waals surface area contributed by atoms with Crippen molar-refractivity contribution in [3.8, 4) is 0 Å². The maximum atomic E-state index is 10.6. The number of benzene rings is 1. The molecule has 3 rings (SSSR count). The molecule has 2 aliphatic rings. The van der Waals surface area contributed by atoms with Gasteiger partial charge in [-0.3, -0.25) is 0 Å². The van der Waals surface area contributed by atoms with Crippen molar-refractivity contribution < 1.29 is 5.11 Å². The summed E-state index contributed by atoms with van der Waals surface area (Å²) >= 11 is 1.96. The van der Waals surface area contributed by atoms with E-state index in [0.29, 0.717) is 6.04 Å². The van der Waals surface area contributed by atoms with Gasteiger partial charge in [0.1, 0.15) is 0 Å². The topological polar surface area (TPSA) is 32.3 Å². The Morgan fingerprint density at radius 1 is 1.25 bits per heavy atom. The molecule has 0 spiro atoms. The first-order valence-electron chi connectivity index (χ1n) is 7.76. The zero-order valence-electron chi connectivity index (χ0n) is 12.3.